The number of nitrogens with zero attached hydrogens (tertiary/aromatic N) is 3. The molecule has 0 radical (unpaired) electrons. The fourth-order valence-electron chi connectivity index (χ4n) is 1.73. The summed E-state index contributed by atoms with van der Waals surface area (Å²) in [5.74, 6) is 1.64. The Hall–Kier alpha value is -1.07. The van der Waals surface area contributed by atoms with Crippen LogP contribution in [0.15, 0.2) is 22.7 Å². The van der Waals surface area contributed by atoms with Crippen LogP contribution in [0.4, 0.5) is 0 Å². The maximum Gasteiger partial charge on any atom is 0.229 e. The number of aryl methyl sites for hydroxylation is 1. The monoisotopic (exact) mass is 329 g/mol. The van der Waals surface area contributed by atoms with Gasteiger partial charge >= 0.3 is 0 Å². The van der Waals surface area contributed by atoms with E-state index in [0.29, 0.717) is 5.28 Å². The first kappa shape index (κ1) is 13.4. The van der Waals surface area contributed by atoms with E-state index in [1.807, 2.05) is 22.8 Å². The molecule has 0 bridgehead atoms. The summed E-state index contributed by atoms with van der Waals surface area (Å²) in [6, 6.07) is 5.75. The van der Waals surface area contributed by atoms with Crippen LogP contribution in [0.5, 0.6) is 5.75 Å². The van der Waals surface area contributed by atoms with Crippen LogP contribution in [0, 0.1) is 0 Å². The van der Waals surface area contributed by atoms with Crippen molar-refractivity contribution in [1.29, 1.82) is 0 Å². The molecule has 0 saturated heterocycles. The van der Waals surface area contributed by atoms with Crippen LogP contribution >= 0.6 is 27.5 Å². The zero-order valence-electron chi connectivity index (χ0n) is 10.2. The van der Waals surface area contributed by atoms with Crippen LogP contribution in [0.1, 0.15) is 19.2 Å². The van der Waals surface area contributed by atoms with Gasteiger partial charge in [0.15, 0.2) is 0 Å². The van der Waals surface area contributed by atoms with Crippen LogP contribution in [-0.4, -0.2) is 21.9 Å². The topological polar surface area (TPSA) is 39.9 Å². The van der Waals surface area contributed by atoms with Gasteiger partial charge in [-0.3, -0.25) is 4.57 Å². The fourth-order valence-corrected chi connectivity index (χ4v) is 2.49. The van der Waals surface area contributed by atoms with Gasteiger partial charge in [0.1, 0.15) is 11.6 Å². The van der Waals surface area contributed by atoms with Gasteiger partial charge in [-0.15, -0.1) is 10.2 Å². The van der Waals surface area contributed by atoms with Gasteiger partial charge in [-0.1, -0.05) is 6.92 Å². The number of rotatable bonds is 4. The third kappa shape index (κ3) is 2.52. The van der Waals surface area contributed by atoms with E-state index >= 15 is 0 Å². The van der Waals surface area contributed by atoms with Gasteiger partial charge < -0.3 is 4.74 Å². The van der Waals surface area contributed by atoms with Gasteiger partial charge in [0.2, 0.25) is 5.28 Å². The minimum atomic E-state index is 0.371. The van der Waals surface area contributed by atoms with Crippen molar-refractivity contribution >= 4 is 27.5 Å². The number of hydrogen-bond donors (Lipinski definition) is 0. The SMILES string of the molecule is CCCc1nnc(Cl)n1-c1ccc(OC)c(Br)c1. The van der Waals surface area contributed by atoms with E-state index in [0.717, 1.165) is 34.6 Å². The highest BCUT2D eigenvalue weighted by molar-refractivity contribution is 9.10. The smallest absolute Gasteiger partial charge is 0.229 e. The molecule has 2 rings (SSSR count). The summed E-state index contributed by atoms with van der Waals surface area (Å²) in [7, 11) is 1.63. The van der Waals surface area contributed by atoms with Crippen molar-refractivity contribution in [3.63, 3.8) is 0 Å². The maximum atomic E-state index is 6.08. The number of ether oxygens (including phenoxy) is 1. The number of hydrogen-bond acceptors (Lipinski definition) is 3. The molecule has 0 unspecified atom stereocenters. The molecular weight excluding hydrogens is 318 g/mol. The lowest BCUT2D eigenvalue weighted by Gasteiger charge is -2.09. The van der Waals surface area contributed by atoms with Crippen molar-refractivity contribution in [2.24, 2.45) is 0 Å². The Labute approximate surface area is 119 Å². The lowest BCUT2D eigenvalue weighted by molar-refractivity contribution is 0.412. The molecule has 0 saturated carbocycles. The average molecular weight is 331 g/mol. The highest BCUT2D eigenvalue weighted by Crippen LogP contribution is 2.28. The first-order valence-electron chi connectivity index (χ1n) is 5.61. The van der Waals surface area contributed by atoms with Crippen molar-refractivity contribution in [3.05, 3.63) is 33.8 Å². The minimum Gasteiger partial charge on any atom is -0.496 e. The van der Waals surface area contributed by atoms with E-state index in [1.54, 1.807) is 7.11 Å². The summed E-state index contributed by atoms with van der Waals surface area (Å²) in [6.45, 7) is 2.09. The third-order valence-corrected chi connectivity index (χ3v) is 3.42. The quantitative estimate of drug-likeness (QED) is 0.859. The summed E-state index contributed by atoms with van der Waals surface area (Å²) >= 11 is 9.54. The van der Waals surface area contributed by atoms with E-state index in [1.165, 1.54) is 0 Å². The molecule has 0 spiro atoms. The molecule has 0 amide bonds. The summed E-state index contributed by atoms with van der Waals surface area (Å²) in [4.78, 5) is 0. The molecular formula is C12H13BrClN3O. The van der Waals surface area contributed by atoms with Crippen LogP contribution in [0.25, 0.3) is 5.69 Å². The molecule has 96 valence electrons. The van der Waals surface area contributed by atoms with Crippen LogP contribution < -0.4 is 4.74 Å². The van der Waals surface area contributed by atoms with E-state index < -0.39 is 0 Å². The molecule has 1 aromatic heterocycles. The average Bonchev–Trinajstić information content (AvgIpc) is 2.71. The summed E-state index contributed by atoms with van der Waals surface area (Å²) < 4.78 is 7.92. The van der Waals surface area contributed by atoms with Crippen molar-refractivity contribution in [2.75, 3.05) is 7.11 Å². The normalized spacial score (nSPS) is 10.7. The lowest BCUT2D eigenvalue weighted by atomic mass is 10.2. The lowest BCUT2D eigenvalue weighted by Crippen LogP contribution is -2.01. The molecule has 0 atom stereocenters. The molecule has 18 heavy (non-hydrogen) atoms. The van der Waals surface area contributed by atoms with E-state index in [9.17, 15) is 0 Å². The van der Waals surface area contributed by atoms with Gasteiger partial charge in [0.25, 0.3) is 0 Å². The Morgan fingerprint density at radius 2 is 2.17 bits per heavy atom. The minimum absolute atomic E-state index is 0.371. The Bertz CT molecular complexity index is 556. The summed E-state index contributed by atoms with van der Waals surface area (Å²) in [5, 5.41) is 8.38. The zero-order chi connectivity index (χ0) is 13.1. The van der Waals surface area contributed by atoms with E-state index in [2.05, 4.69) is 33.1 Å². The van der Waals surface area contributed by atoms with Crippen molar-refractivity contribution < 1.29 is 4.74 Å². The van der Waals surface area contributed by atoms with Crippen molar-refractivity contribution in [2.45, 2.75) is 19.8 Å². The Morgan fingerprint density at radius 3 is 2.78 bits per heavy atom. The molecule has 0 fully saturated rings. The molecule has 0 aliphatic heterocycles. The van der Waals surface area contributed by atoms with Gasteiger partial charge in [-0.25, -0.2) is 0 Å². The molecule has 1 aromatic carbocycles. The van der Waals surface area contributed by atoms with Gasteiger partial charge in [0, 0.05) is 6.42 Å². The van der Waals surface area contributed by atoms with E-state index in [-0.39, 0.29) is 0 Å². The Kier molecular flexibility index (Phi) is 4.24. The fraction of sp³-hybridized carbons (Fsp3) is 0.333. The predicted molar refractivity (Wildman–Crippen MR) is 74.6 cm³/mol. The summed E-state index contributed by atoms with van der Waals surface area (Å²) in [5.41, 5.74) is 0.918. The Balaban J connectivity index is 2.48. The highest BCUT2D eigenvalue weighted by atomic mass is 79.9. The van der Waals surface area contributed by atoms with Gasteiger partial charge in [-0.05, 0) is 52.2 Å². The molecule has 0 aliphatic rings. The molecule has 6 heteroatoms. The van der Waals surface area contributed by atoms with Crippen LogP contribution in [0.3, 0.4) is 0 Å². The van der Waals surface area contributed by atoms with Crippen LogP contribution in [-0.2, 0) is 6.42 Å². The number of methoxy groups -OCH3 is 1. The number of benzene rings is 1. The third-order valence-electron chi connectivity index (χ3n) is 2.56. The maximum absolute atomic E-state index is 6.08. The zero-order valence-corrected chi connectivity index (χ0v) is 12.5. The molecule has 4 nitrogen and oxygen atoms in total. The standard InChI is InChI=1S/C12H13BrClN3O/c1-3-4-11-15-16-12(14)17(11)8-5-6-10(18-2)9(13)7-8/h5-7H,3-4H2,1-2H3. The van der Waals surface area contributed by atoms with Gasteiger partial charge in [-0.2, -0.15) is 0 Å². The second-order valence-electron chi connectivity index (χ2n) is 3.79. The van der Waals surface area contributed by atoms with Crippen molar-refractivity contribution in [3.8, 4) is 11.4 Å². The van der Waals surface area contributed by atoms with E-state index in [4.69, 9.17) is 16.3 Å². The first-order chi connectivity index (χ1) is 8.67. The molecule has 1 heterocycles. The van der Waals surface area contributed by atoms with Crippen molar-refractivity contribution in [1.82, 2.24) is 14.8 Å². The highest BCUT2D eigenvalue weighted by Gasteiger charge is 2.12. The largest absolute Gasteiger partial charge is 0.496 e. The number of aromatic nitrogens is 3. The van der Waals surface area contributed by atoms with Gasteiger partial charge in [0.05, 0.1) is 17.3 Å². The second-order valence-corrected chi connectivity index (χ2v) is 4.98. The van der Waals surface area contributed by atoms with Crippen LogP contribution in [0.2, 0.25) is 5.28 Å². The number of halogens is 2. The molecule has 0 N–H and O–H groups in total. The molecule has 0 aliphatic carbocycles. The first-order valence-corrected chi connectivity index (χ1v) is 6.78. The Morgan fingerprint density at radius 1 is 1.39 bits per heavy atom. The molecule has 2 aromatic rings. The predicted octanol–water partition coefficient (Wildman–Crippen LogP) is 3.64. The summed E-state index contributed by atoms with van der Waals surface area (Å²) in [6.07, 6.45) is 1.83. The second kappa shape index (κ2) is 5.71.